The van der Waals surface area contributed by atoms with E-state index in [-0.39, 0.29) is 0 Å². The van der Waals surface area contributed by atoms with Gasteiger partial charge in [0.25, 0.3) is 0 Å². The summed E-state index contributed by atoms with van der Waals surface area (Å²) in [4.78, 5) is 0. The average molecular weight is 1160 g/mol. The Morgan fingerprint density at radius 1 is 0.109 bits per heavy atom. The van der Waals surface area contributed by atoms with Gasteiger partial charge in [0.15, 0.2) is 0 Å². The normalized spacial score (nSPS) is 12.3. The second kappa shape index (κ2) is 18.8. The Morgan fingerprint density at radius 2 is 0.293 bits per heavy atom. The minimum Gasteiger partial charge on any atom is -0.0622 e. The van der Waals surface area contributed by atoms with Crippen LogP contribution in [0.3, 0.4) is 0 Å². The van der Waals surface area contributed by atoms with E-state index in [2.05, 4.69) is 315 Å². The third-order valence-corrected chi connectivity index (χ3v) is 20.9. The summed E-state index contributed by atoms with van der Waals surface area (Å²) >= 11 is 0. The van der Waals surface area contributed by atoms with E-state index in [0.29, 0.717) is 0 Å². The van der Waals surface area contributed by atoms with E-state index in [1.807, 2.05) is 0 Å². The molecule has 0 aromatic heterocycles. The Kier molecular flexibility index (Phi) is 10.2. The Hall–Kier alpha value is -12.0. The van der Waals surface area contributed by atoms with Crippen LogP contribution in [0.4, 0.5) is 0 Å². The lowest BCUT2D eigenvalue weighted by Gasteiger charge is -2.21. The molecule has 0 aliphatic rings. The SMILES string of the molecule is c1ccc(-c2ccc(-c3c4ccccc4c(-c4ccc(-c5ccccc5)cc4)c4c5cc6ccc7cc8c9c(-c%10ccc(-c%11ccccc%11)cc%10)c%10ccccc%10c(-c%10ccc(-c%11ccccc%11)cc%10)c9c9cc%10ccc%11cc(c34)c5c3c%11c%10c(c98)c7c63)cc2)cc1. The molecule has 0 nitrogen and oxygen atoms in total. The molecule has 0 aliphatic heterocycles. The van der Waals surface area contributed by atoms with Crippen LogP contribution in [0.1, 0.15) is 0 Å². The standard InChI is InChI=1S/C92H52/c1-5-17-53(18-6-1)57-29-37-61(38-30-57)77-69-25-13-14-26-70(69)78(62-39-31-58(32-40-62)54-19-7-2-8-20-54)88-74-50-66-47-48-68-52-76-86-75(51-67-46-45-65-49-73(87(77)88)85(74)91-81(65)83(67)92(86)84(68)82(66)91)89-79(63-41-33-59(34-42-63)55-21-9-3-10-22-55)71-27-15-16-28-72(71)80(90(76)89)64-43-35-60(36-44-64)56-23-11-4-12-24-56/h1-52H. The van der Waals surface area contributed by atoms with Crippen LogP contribution in [0.25, 0.3) is 218 Å². The molecular formula is C92H52. The van der Waals surface area contributed by atoms with Crippen molar-refractivity contribution >= 4 is 129 Å². The molecule has 0 aliphatic carbocycles. The number of hydrogen-bond donors (Lipinski definition) is 0. The van der Waals surface area contributed by atoms with Crippen LogP contribution in [0.2, 0.25) is 0 Å². The minimum absolute atomic E-state index is 1.21. The van der Waals surface area contributed by atoms with Gasteiger partial charge < -0.3 is 0 Å². The molecule has 420 valence electrons. The van der Waals surface area contributed by atoms with E-state index in [9.17, 15) is 0 Å². The first-order valence-corrected chi connectivity index (χ1v) is 32.2. The first-order chi connectivity index (χ1) is 45.7. The van der Waals surface area contributed by atoms with Crippen molar-refractivity contribution in [2.75, 3.05) is 0 Å². The van der Waals surface area contributed by atoms with Crippen LogP contribution in [-0.2, 0) is 0 Å². The molecule has 0 saturated carbocycles. The minimum atomic E-state index is 1.21. The molecule has 0 amide bonds. The van der Waals surface area contributed by atoms with Crippen molar-refractivity contribution in [3.63, 3.8) is 0 Å². The van der Waals surface area contributed by atoms with Gasteiger partial charge in [0.1, 0.15) is 0 Å². The smallest absolute Gasteiger partial charge is 0.000136 e. The van der Waals surface area contributed by atoms with Gasteiger partial charge in [-0.05, 0) is 243 Å². The van der Waals surface area contributed by atoms with Crippen molar-refractivity contribution in [3.05, 3.63) is 315 Å². The van der Waals surface area contributed by atoms with Crippen LogP contribution in [0.15, 0.2) is 315 Å². The molecule has 92 heavy (non-hydrogen) atoms. The van der Waals surface area contributed by atoms with Gasteiger partial charge in [-0.2, -0.15) is 0 Å². The molecule has 0 atom stereocenters. The first-order valence-electron chi connectivity index (χ1n) is 32.2. The highest BCUT2D eigenvalue weighted by Crippen LogP contribution is 2.60. The first kappa shape index (κ1) is 50.0. The molecule has 0 radical (unpaired) electrons. The Bertz CT molecular complexity index is 5700. The molecule has 0 heteroatoms. The molecule has 0 fully saturated rings. The zero-order valence-electron chi connectivity index (χ0n) is 50.0. The van der Waals surface area contributed by atoms with Crippen molar-refractivity contribution in [3.8, 4) is 89.0 Å². The monoisotopic (exact) mass is 1160 g/mol. The molecule has 21 rings (SSSR count). The highest BCUT2D eigenvalue weighted by molar-refractivity contribution is 6.56. The zero-order valence-corrected chi connectivity index (χ0v) is 50.0. The Labute approximate surface area is 530 Å². The van der Waals surface area contributed by atoms with Gasteiger partial charge in [-0.25, -0.2) is 0 Å². The Morgan fingerprint density at radius 3 is 0.511 bits per heavy atom. The fourth-order valence-corrected chi connectivity index (χ4v) is 17.1. The summed E-state index contributed by atoms with van der Waals surface area (Å²) in [5.74, 6) is 0. The summed E-state index contributed by atoms with van der Waals surface area (Å²) in [6.07, 6.45) is 0. The lowest BCUT2D eigenvalue weighted by Crippen LogP contribution is -1.93. The number of fused-ring (bicyclic) bond motifs is 8. The zero-order chi connectivity index (χ0) is 59.9. The highest BCUT2D eigenvalue weighted by Gasteiger charge is 2.32. The second-order valence-electron chi connectivity index (χ2n) is 25.6. The molecule has 0 unspecified atom stereocenters. The van der Waals surface area contributed by atoms with Crippen LogP contribution < -0.4 is 0 Å². The summed E-state index contributed by atoms with van der Waals surface area (Å²) in [5, 5.41) is 31.6. The average Bonchev–Trinajstić information content (AvgIpc) is 1.36. The topological polar surface area (TPSA) is 0 Å². The van der Waals surface area contributed by atoms with Crippen molar-refractivity contribution in [2.45, 2.75) is 0 Å². The summed E-state index contributed by atoms with van der Waals surface area (Å²) in [6.45, 7) is 0. The van der Waals surface area contributed by atoms with E-state index >= 15 is 0 Å². The number of hydrogen-bond acceptors (Lipinski definition) is 0. The van der Waals surface area contributed by atoms with Gasteiger partial charge in [-0.15, -0.1) is 0 Å². The van der Waals surface area contributed by atoms with Crippen molar-refractivity contribution in [1.29, 1.82) is 0 Å². The Balaban J connectivity index is 0.905. The predicted molar refractivity (Wildman–Crippen MR) is 396 cm³/mol. The summed E-state index contributed by atoms with van der Waals surface area (Å²) in [7, 11) is 0. The van der Waals surface area contributed by atoms with Gasteiger partial charge in [-0.1, -0.05) is 291 Å². The maximum Gasteiger partial charge on any atom is -0.000136 e. The van der Waals surface area contributed by atoms with E-state index < -0.39 is 0 Å². The predicted octanol–water partition coefficient (Wildman–Crippen LogP) is 26.1. The summed E-state index contributed by atoms with van der Waals surface area (Å²) < 4.78 is 0. The van der Waals surface area contributed by atoms with E-state index in [1.165, 1.54) is 218 Å². The van der Waals surface area contributed by atoms with E-state index in [4.69, 9.17) is 0 Å². The molecule has 0 N–H and O–H groups in total. The third kappa shape index (κ3) is 6.85. The molecule has 21 aromatic rings. The fraction of sp³-hybridized carbons (Fsp3) is 0. The fourth-order valence-electron chi connectivity index (χ4n) is 17.1. The maximum atomic E-state index is 2.58. The van der Waals surface area contributed by atoms with Crippen LogP contribution >= 0.6 is 0 Å². The van der Waals surface area contributed by atoms with Crippen molar-refractivity contribution in [2.24, 2.45) is 0 Å². The molecule has 0 heterocycles. The number of rotatable bonds is 8. The largest absolute Gasteiger partial charge is 0.0622 e. The summed E-state index contributed by atoms with van der Waals surface area (Å²) in [6, 6.07) is 119. The quantitative estimate of drug-likeness (QED) is 0.105. The van der Waals surface area contributed by atoms with Crippen molar-refractivity contribution in [1.82, 2.24) is 0 Å². The van der Waals surface area contributed by atoms with Gasteiger partial charge in [0.05, 0.1) is 0 Å². The van der Waals surface area contributed by atoms with E-state index in [1.54, 1.807) is 0 Å². The maximum absolute atomic E-state index is 2.58. The summed E-state index contributed by atoms with van der Waals surface area (Å²) in [5.41, 5.74) is 19.7. The lowest BCUT2D eigenvalue weighted by molar-refractivity contribution is 1.61. The highest BCUT2D eigenvalue weighted by atomic mass is 14.3. The third-order valence-electron chi connectivity index (χ3n) is 20.9. The van der Waals surface area contributed by atoms with Crippen molar-refractivity contribution < 1.29 is 0 Å². The van der Waals surface area contributed by atoms with Gasteiger partial charge >= 0.3 is 0 Å². The van der Waals surface area contributed by atoms with Crippen LogP contribution in [0, 0.1) is 0 Å². The number of benzene rings is 19. The molecule has 0 saturated heterocycles. The molecule has 0 bridgehead atoms. The lowest BCUT2D eigenvalue weighted by atomic mass is 9.81. The van der Waals surface area contributed by atoms with Gasteiger partial charge in [-0.3, -0.25) is 0 Å². The second-order valence-corrected chi connectivity index (χ2v) is 25.6. The molecule has 21 aromatic carbocycles. The van der Waals surface area contributed by atoms with Crippen LogP contribution in [0.5, 0.6) is 0 Å². The molecule has 0 spiro atoms. The molecular weight excluding hydrogens is 1110 g/mol. The van der Waals surface area contributed by atoms with Crippen LogP contribution in [-0.4, -0.2) is 0 Å². The van der Waals surface area contributed by atoms with Gasteiger partial charge in [0.2, 0.25) is 0 Å². The van der Waals surface area contributed by atoms with Gasteiger partial charge in [0, 0.05) is 0 Å². The van der Waals surface area contributed by atoms with E-state index in [0.717, 1.165) is 0 Å².